The van der Waals surface area contributed by atoms with E-state index >= 15 is 0 Å². The normalized spacial score (nSPS) is 17.0. The first-order valence-electron chi connectivity index (χ1n) is 6.78. The average molecular weight is 332 g/mol. The van der Waals surface area contributed by atoms with Crippen LogP contribution in [0.25, 0.3) is 0 Å². The Bertz CT molecular complexity index is 591. The molecule has 1 aliphatic heterocycles. The Morgan fingerprint density at radius 2 is 2.19 bits per heavy atom. The predicted octanol–water partition coefficient (Wildman–Crippen LogP) is 0.662. The molecular formula is C12H20N4O3S2. The van der Waals surface area contributed by atoms with Crippen molar-refractivity contribution < 1.29 is 13.2 Å². The zero-order chi connectivity index (χ0) is 15.5. The number of likely N-dealkylation sites (tertiary alicyclic amines) is 1. The van der Waals surface area contributed by atoms with Crippen molar-refractivity contribution in [3.8, 4) is 0 Å². The third-order valence-electron chi connectivity index (χ3n) is 3.43. The van der Waals surface area contributed by atoms with Crippen molar-refractivity contribution in [1.29, 1.82) is 0 Å². The van der Waals surface area contributed by atoms with E-state index in [1.54, 1.807) is 4.90 Å². The zero-order valence-electron chi connectivity index (χ0n) is 11.9. The molecule has 3 N–H and O–H groups in total. The Hall–Kier alpha value is -1.19. The van der Waals surface area contributed by atoms with E-state index in [9.17, 15) is 13.2 Å². The monoisotopic (exact) mass is 332 g/mol. The number of hydrogen-bond donors (Lipinski definition) is 2. The molecule has 2 amide bonds. The quantitative estimate of drug-likeness (QED) is 0.845. The minimum atomic E-state index is -3.43. The predicted molar refractivity (Wildman–Crippen MR) is 81.4 cm³/mol. The van der Waals surface area contributed by atoms with Crippen molar-refractivity contribution in [3.05, 3.63) is 16.1 Å². The molecule has 9 heteroatoms. The van der Waals surface area contributed by atoms with E-state index in [4.69, 9.17) is 5.14 Å². The summed E-state index contributed by atoms with van der Waals surface area (Å²) in [4.78, 5) is 18.0. The molecular weight excluding hydrogens is 312 g/mol. The number of piperidine rings is 1. The Morgan fingerprint density at radius 3 is 2.71 bits per heavy atom. The molecule has 0 spiro atoms. The van der Waals surface area contributed by atoms with Gasteiger partial charge in [0.25, 0.3) is 0 Å². The van der Waals surface area contributed by atoms with Gasteiger partial charge in [-0.1, -0.05) is 0 Å². The van der Waals surface area contributed by atoms with Crippen LogP contribution in [-0.2, 0) is 16.6 Å². The van der Waals surface area contributed by atoms with E-state index in [2.05, 4.69) is 10.3 Å². The molecule has 0 bridgehead atoms. The lowest BCUT2D eigenvalue weighted by Crippen LogP contribution is -2.45. The average Bonchev–Trinajstić information content (AvgIpc) is 2.81. The summed E-state index contributed by atoms with van der Waals surface area (Å²) in [5.74, 6) is 0.0478. The van der Waals surface area contributed by atoms with Crippen LogP contribution in [0.3, 0.4) is 0 Å². The first-order chi connectivity index (χ1) is 9.83. The maximum Gasteiger partial charge on any atom is 0.317 e. The summed E-state index contributed by atoms with van der Waals surface area (Å²) in [7, 11) is -3.43. The summed E-state index contributed by atoms with van der Waals surface area (Å²) in [5, 5.41) is 10.7. The number of nitrogens with zero attached hydrogens (tertiary/aromatic N) is 2. The second-order valence-electron chi connectivity index (χ2n) is 5.30. The summed E-state index contributed by atoms with van der Waals surface area (Å²) in [6.45, 7) is 3.46. The van der Waals surface area contributed by atoms with Crippen LogP contribution < -0.4 is 10.5 Å². The van der Waals surface area contributed by atoms with E-state index in [1.807, 2.05) is 12.3 Å². The van der Waals surface area contributed by atoms with Crippen molar-refractivity contribution in [2.24, 2.45) is 11.1 Å². The molecule has 118 valence electrons. The van der Waals surface area contributed by atoms with E-state index in [0.29, 0.717) is 32.5 Å². The van der Waals surface area contributed by atoms with E-state index in [-0.39, 0.29) is 17.7 Å². The topological polar surface area (TPSA) is 105 Å². The number of aryl methyl sites for hydroxylation is 1. The molecule has 7 nitrogen and oxygen atoms in total. The fourth-order valence-corrected chi connectivity index (χ4v) is 4.08. The summed E-state index contributed by atoms with van der Waals surface area (Å²) >= 11 is 1.52. The maximum absolute atomic E-state index is 12.0. The molecule has 1 aromatic rings. The van der Waals surface area contributed by atoms with Crippen LogP contribution in [0.5, 0.6) is 0 Å². The van der Waals surface area contributed by atoms with Gasteiger partial charge in [-0.25, -0.2) is 23.3 Å². The molecule has 2 heterocycles. The third-order valence-corrected chi connectivity index (χ3v) is 5.33. The number of nitrogens with one attached hydrogen (secondary N) is 1. The van der Waals surface area contributed by atoms with Gasteiger partial charge in [0.2, 0.25) is 10.0 Å². The molecule has 0 atom stereocenters. The zero-order valence-corrected chi connectivity index (χ0v) is 13.5. The molecule has 1 aliphatic rings. The summed E-state index contributed by atoms with van der Waals surface area (Å²) in [6, 6.07) is -0.128. The van der Waals surface area contributed by atoms with Crippen LogP contribution in [0.15, 0.2) is 5.38 Å². The molecule has 1 aromatic heterocycles. The molecule has 0 radical (unpaired) electrons. The fourth-order valence-electron chi connectivity index (χ4n) is 2.38. The van der Waals surface area contributed by atoms with Crippen molar-refractivity contribution in [3.63, 3.8) is 0 Å². The van der Waals surface area contributed by atoms with Gasteiger partial charge in [0.15, 0.2) is 0 Å². The fraction of sp³-hybridized carbons (Fsp3) is 0.667. The molecule has 0 unspecified atom stereocenters. The first kappa shape index (κ1) is 16.2. The highest BCUT2D eigenvalue weighted by atomic mass is 32.2. The summed E-state index contributed by atoms with van der Waals surface area (Å²) < 4.78 is 22.1. The highest BCUT2D eigenvalue weighted by molar-refractivity contribution is 7.89. The van der Waals surface area contributed by atoms with E-state index < -0.39 is 10.0 Å². The number of urea groups is 1. The van der Waals surface area contributed by atoms with Gasteiger partial charge < -0.3 is 10.2 Å². The Labute approximate surface area is 128 Å². The van der Waals surface area contributed by atoms with Gasteiger partial charge in [0.05, 0.1) is 12.3 Å². The Morgan fingerprint density at radius 1 is 1.52 bits per heavy atom. The smallest absolute Gasteiger partial charge is 0.317 e. The molecule has 21 heavy (non-hydrogen) atoms. The highest BCUT2D eigenvalue weighted by Gasteiger charge is 2.25. The van der Waals surface area contributed by atoms with Gasteiger partial charge in [0, 0.05) is 24.2 Å². The minimum absolute atomic E-state index is 0.000844. The van der Waals surface area contributed by atoms with Gasteiger partial charge in [-0.05, 0) is 25.7 Å². The molecule has 0 saturated carbocycles. The number of carbonyl (C=O) groups excluding carboxylic acids is 1. The van der Waals surface area contributed by atoms with Crippen LogP contribution >= 0.6 is 11.3 Å². The number of carbonyl (C=O) groups is 1. The third kappa shape index (κ3) is 5.25. The number of sulfonamides is 1. The second kappa shape index (κ2) is 6.71. The molecule has 2 rings (SSSR count). The maximum atomic E-state index is 12.0. The van der Waals surface area contributed by atoms with Crippen molar-refractivity contribution in [2.45, 2.75) is 26.3 Å². The number of rotatable bonds is 4. The largest absolute Gasteiger partial charge is 0.331 e. The number of nitrogens with two attached hydrogens (primary N) is 1. The SMILES string of the molecule is Cc1csc(CNC(=O)N2CCC(CS(N)(=O)=O)CC2)n1. The lowest BCUT2D eigenvalue weighted by Gasteiger charge is -2.31. The van der Waals surface area contributed by atoms with Gasteiger partial charge in [-0.2, -0.15) is 0 Å². The van der Waals surface area contributed by atoms with Crippen LogP contribution in [0, 0.1) is 12.8 Å². The molecule has 0 aromatic carbocycles. The second-order valence-corrected chi connectivity index (χ2v) is 7.90. The van der Waals surface area contributed by atoms with Crippen molar-refractivity contribution >= 4 is 27.4 Å². The first-order valence-corrected chi connectivity index (χ1v) is 9.37. The van der Waals surface area contributed by atoms with Gasteiger partial charge in [0.1, 0.15) is 5.01 Å². The standard InChI is InChI=1S/C12H20N4O3S2/c1-9-7-20-11(15-9)6-14-12(17)16-4-2-10(3-5-16)8-21(13,18)19/h7,10H,2-6,8H2,1H3,(H,14,17)(H2,13,18,19). The van der Waals surface area contributed by atoms with E-state index in [0.717, 1.165) is 10.7 Å². The Balaban J connectivity index is 1.75. The summed E-state index contributed by atoms with van der Waals surface area (Å²) in [6.07, 6.45) is 1.33. The van der Waals surface area contributed by atoms with E-state index in [1.165, 1.54) is 11.3 Å². The number of primary sulfonamides is 1. The number of thiazole rings is 1. The minimum Gasteiger partial charge on any atom is -0.331 e. The van der Waals surface area contributed by atoms with Crippen LogP contribution in [0.2, 0.25) is 0 Å². The van der Waals surface area contributed by atoms with Crippen LogP contribution in [0.4, 0.5) is 4.79 Å². The van der Waals surface area contributed by atoms with Gasteiger partial charge in [-0.3, -0.25) is 0 Å². The number of amides is 2. The van der Waals surface area contributed by atoms with Gasteiger partial charge in [-0.15, -0.1) is 11.3 Å². The molecule has 1 fully saturated rings. The highest BCUT2D eigenvalue weighted by Crippen LogP contribution is 2.18. The molecule has 0 aliphatic carbocycles. The number of hydrogen-bond acceptors (Lipinski definition) is 5. The lowest BCUT2D eigenvalue weighted by molar-refractivity contribution is 0.174. The van der Waals surface area contributed by atoms with Crippen molar-refractivity contribution in [2.75, 3.05) is 18.8 Å². The number of aromatic nitrogens is 1. The lowest BCUT2D eigenvalue weighted by atomic mass is 9.99. The van der Waals surface area contributed by atoms with Crippen LogP contribution in [-0.4, -0.2) is 43.2 Å². The van der Waals surface area contributed by atoms with Gasteiger partial charge >= 0.3 is 6.03 Å². The summed E-state index contributed by atoms with van der Waals surface area (Å²) in [5.41, 5.74) is 0.952. The Kier molecular flexibility index (Phi) is 5.17. The molecule has 1 saturated heterocycles. The van der Waals surface area contributed by atoms with Crippen LogP contribution in [0.1, 0.15) is 23.5 Å². The van der Waals surface area contributed by atoms with Crippen molar-refractivity contribution in [1.82, 2.24) is 15.2 Å².